The summed E-state index contributed by atoms with van der Waals surface area (Å²) in [4.78, 5) is 23.0. The molecule has 120 valence electrons. The van der Waals surface area contributed by atoms with Gasteiger partial charge in [-0.2, -0.15) is 0 Å². The van der Waals surface area contributed by atoms with Gasteiger partial charge in [0.15, 0.2) is 0 Å². The number of rotatable bonds is 6. The van der Waals surface area contributed by atoms with Crippen LogP contribution in [-0.4, -0.2) is 30.5 Å². The molecule has 0 atom stereocenters. The lowest BCUT2D eigenvalue weighted by Crippen LogP contribution is -2.52. The third kappa shape index (κ3) is 4.46. The Hall–Kier alpha value is -2.08. The van der Waals surface area contributed by atoms with Crippen molar-refractivity contribution in [2.75, 3.05) is 18.5 Å². The Bertz CT molecular complexity index is 539. The second kappa shape index (κ2) is 7.26. The van der Waals surface area contributed by atoms with Crippen LogP contribution in [0.3, 0.4) is 0 Å². The van der Waals surface area contributed by atoms with Crippen LogP contribution in [0.2, 0.25) is 0 Å². The third-order valence-electron chi connectivity index (χ3n) is 3.76. The number of amides is 2. The number of hydrogen-bond donors (Lipinski definition) is 3. The summed E-state index contributed by atoms with van der Waals surface area (Å²) in [6.07, 6.45) is 3.52. The lowest BCUT2D eigenvalue weighted by molar-refractivity contribution is -0.126. The van der Waals surface area contributed by atoms with Crippen molar-refractivity contribution in [3.05, 3.63) is 24.3 Å². The van der Waals surface area contributed by atoms with Crippen molar-refractivity contribution in [1.29, 1.82) is 0 Å². The first-order valence-electron chi connectivity index (χ1n) is 7.57. The first kappa shape index (κ1) is 16.3. The van der Waals surface area contributed by atoms with E-state index in [0.29, 0.717) is 24.6 Å². The zero-order valence-electron chi connectivity index (χ0n) is 12.9. The van der Waals surface area contributed by atoms with Crippen LogP contribution in [0, 0.1) is 0 Å². The summed E-state index contributed by atoms with van der Waals surface area (Å²) in [5, 5.41) is 5.51. The van der Waals surface area contributed by atoms with E-state index in [1.807, 2.05) is 0 Å². The van der Waals surface area contributed by atoms with Crippen LogP contribution in [0.1, 0.15) is 32.6 Å². The molecule has 4 N–H and O–H groups in total. The Morgan fingerprint density at radius 3 is 2.73 bits per heavy atom. The zero-order chi connectivity index (χ0) is 16.0. The van der Waals surface area contributed by atoms with Gasteiger partial charge < -0.3 is 21.1 Å². The predicted molar refractivity (Wildman–Crippen MR) is 84.6 cm³/mol. The van der Waals surface area contributed by atoms with Crippen molar-refractivity contribution < 1.29 is 14.3 Å². The summed E-state index contributed by atoms with van der Waals surface area (Å²) < 4.78 is 5.57. The van der Waals surface area contributed by atoms with Crippen molar-refractivity contribution in [3.63, 3.8) is 0 Å². The molecule has 0 aromatic heterocycles. The molecule has 1 aliphatic rings. The molecule has 0 radical (unpaired) electrons. The Kier molecular flexibility index (Phi) is 5.38. The Morgan fingerprint density at radius 1 is 1.32 bits per heavy atom. The van der Waals surface area contributed by atoms with Crippen molar-refractivity contribution in [2.45, 2.75) is 38.1 Å². The maximum absolute atomic E-state index is 12.0. The minimum absolute atomic E-state index is 0.0967. The Balaban J connectivity index is 1.74. The number of carbonyl (C=O) groups excluding carboxylic acids is 2. The highest BCUT2D eigenvalue weighted by Gasteiger charge is 2.36. The SMILES string of the molecule is CC(=O)Nc1cccc(OCCNC(=O)C2(N)CCCC2)c1. The van der Waals surface area contributed by atoms with Crippen LogP contribution in [0.5, 0.6) is 5.75 Å². The average molecular weight is 305 g/mol. The van der Waals surface area contributed by atoms with Crippen molar-refractivity contribution in [1.82, 2.24) is 5.32 Å². The van der Waals surface area contributed by atoms with Gasteiger partial charge >= 0.3 is 0 Å². The smallest absolute Gasteiger partial charge is 0.240 e. The lowest BCUT2D eigenvalue weighted by Gasteiger charge is -2.22. The van der Waals surface area contributed by atoms with Crippen LogP contribution in [0.25, 0.3) is 0 Å². The quantitative estimate of drug-likeness (QED) is 0.693. The number of benzene rings is 1. The van der Waals surface area contributed by atoms with Gasteiger partial charge in [-0.25, -0.2) is 0 Å². The van der Waals surface area contributed by atoms with Gasteiger partial charge in [-0.3, -0.25) is 9.59 Å². The fourth-order valence-corrected chi connectivity index (χ4v) is 2.61. The molecular weight excluding hydrogens is 282 g/mol. The van der Waals surface area contributed by atoms with E-state index in [0.717, 1.165) is 25.7 Å². The fraction of sp³-hybridized carbons (Fsp3) is 0.500. The average Bonchev–Trinajstić information content (AvgIpc) is 2.91. The van der Waals surface area contributed by atoms with E-state index in [9.17, 15) is 9.59 Å². The summed E-state index contributed by atoms with van der Waals surface area (Å²) >= 11 is 0. The van der Waals surface area contributed by atoms with E-state index in [-0.39, 0.29) is 11.8 Å². The van der Waals surface area contributed by atoms with E-state index < -0.39 is 5.54 Å². The summed E-state index contributed by atoms with van der Waals surface area (Å²) in [6.45, 7) is 2.21. The molecule has 1 saturated carbocycles. The number of nitrogens with two attached hydrogens (primary N) is 1. The highest BCUT2D eigenvalue weighted by Crippen LogP contribution is 2.27. The molecule has 1 fully saturated rings. The zero-order valence-corrected chi connectivity index (χ0v) is 12.9. The molecule has 0 unspecified atom stereocenters. The van der Waals surface area contributed by atoms with E-state index in [1.54, 1.807) is 24.3 Å². The fourth-order valence-electron chi connectivity index (χ4n) is 2.61. The number of carbonyl (C=O) groups is 2. The first-order chi connectivity index (χ1) is 10.5. The van der Waals surface area contributed by atoms with E-state index in [4.69, 9.17) is 10.5 Å². The molecule has 6 heteroatoms. The van der Waals surface area contributed by atoms with Crippen LogP contribution in [-0.2, 0) is 9.59 Å². The largest absolute Gasteiger partial charge is 0.492 e. The molecular formula is C16H23N3O3. The van der Waals surface area contributed by atoms with Gasteiger partial charge in [0, 0.05) is 18.7 Å². The number of anilines is 1. The molecule has 0 aliphatic heterocycles. The second-order valence-electron chi connectivity index (χ2n) is 5.68. The summed E-state index contributed by atoms with van der Waals surface area (Å²) in [6, 6.07) is 7.13. The molecule has 0 bridgehead atoms. The van der Waals surface area contributed by atoms with Crippen molar-refractivity contribution in [3.8, 4) is 5.75 Å². The molecule has 1 aromatic rings. The van der Waals surface area contributed by atoms with Gasteiger partial charge in [0.2, 0.25) is 11.8 Å². The van der Waals surface area contributed by atoms with E-state index in [2.05, 4.69) is 10.6 Å². The lowest BCUT2D eigenvalue weighted by atomic mass is 9.98. The Labute approximate surface area is 130 Å². The molecule has 22 heavy (non-hydrogen) atoms. The van der Waals surface area contributed by atoms with Crippen molar-refractivity contribution in [2.24, 2.45) is 5.73 Å². The Morgan fingerprint density at radius 2 is 2.05 bits per heavy atom. The van der Waals surface area contributed by atoms with Crippen LogP contribution >= 0.6 is 0 Å². The maximum atomic E-state index is 12.0. The normalized spacial score (nSPS) is 16.1. The van der Waals surface area contributed by atoms with Gasteiger partial charge in [0.05, 0.1) is 12.1 Å². The van der Waals surface area contributed by atoms with Gasteiger partial charge in [-0.05, 0) is 25.0 Å². The van der Waals surface area contributed by atoms with E-state index >= 15 is 0 Å². The molecule has 1 aliphatic carbocycles. The minimum Gasteiger partial charge on any atom is -0.492 e. The van der Waals surface area contributed by atoms with Gasteiger partial charge in [-0.1, -0.05) is 18.9 Å². The molecule has 6 nitrogen and oxygen atoms in total. The highest BCUT2D eigenvalue weighted by atomic mass is 16.5. The van der Waals surface area contributed by atoms with Crippen LogP contribution in [0.4, 0.5) is 5.69 Å². The standard InChI is InChI=1S/C16H23N3O3/c1-12(20)19-13-5-4-6-14(11-13)22-10-9-18-15(21)16(17)7-2-3-8-16/h4-6,11H,2-3,7-10,17H2,1H3,(H,18,21)(H,19,20). The van der Waals surface area contributed by atoms with Gasteiger partial charge in [-0.15, -0.1) is 0 Å². The first-order valence-corrected chi connectivity index (χ1v) is 7.57. The minimum atomic E-state index is -0.703. The predicted octanol–water partition coefficient (Wildman–Crippen LogP) is 1.41. The summed E-state index contributed by atoms with van der Waals surface area (Å²) in [5.74, 6) is 0.415. The molecule has 0 spiro atoms. The summed E-state index contributed by atoms with van der Waals surface area (Å²) in [5.41, 5.74) is 6.05. The summed E-state index contributed by atoms with van der Waals surface area (Å²) in [7, 11) is 0. The monoisotopic (exact) mass is 305 g/mol. The molecule has 2 rings (SSSR count). The third-order valence-corrected chi connectivity index (χ3v) is 3.76. The molecule has 0 heterocycles. The van der Waals surface area contributed by atoms with Crippen LogP contribution in [0.15, 0.2) is 24.3 Å². The second-order valence-corrected chi connectivity index (χ2v) is 5.68. The van der Waals surface area contributed by atoms with Gasteiger partial charge in [0.25, 0.3) is 0 Å². The van der Waals surface area contributed by atoms with Crippen LogP contribution < -0.4 is 21.1 Å². The number of ether oxygens (including phenoxy) is 1. The number of nitrogens with one attached hydrogen (secondary N) is 2. The maximum Gasteiger partial charge on any atom is 0.240 e. The van der Waals surface area contributed by atoms with Gasteiger partial charge in [0.1, 0.15) is 12.4 Å². The number of hydrogen-bond acceptors (Lipinski definition) is 4. The molecule has 0 saturated heterocycles. The van der Waals surface area contributed by atoms with E-state index in [1.165, 1.54) is 6.92 Å². The molecule has 1 aromatic carbocycles. The highest BCUT2D eigenvalue weighted by molar-refractivity contribution is 5.88. The molecule has 2 amide bonds. The van der Waals surface area contributed by atoms with Crippen molar-refractivity contribution >= 4 is 17.5 Å². The topological polar surface area (TPSA) is 93.5 Å².